The predicted molar refractivity (Wildman–Crippen MR) is 110 cm³/mol. The van der Waals surface area contributed by atoms with Crippen LogP contribution in [-0.2, 0) is 9.59 Å². The summed E-state index contributed by atoms with van der Waals surface area (Å²) >= 11 is 0. The first-order valence-electron chi connectivity index (χ1n) is 9.45. The van der Waals surface area contributed by atoms with Crippen molar-refractivity contribution in [2.24, 2.45) is 5.92 Å². The Morgan fingerprint density at radius 3 is 2.78 bits per heavy atom. The summed E-state index contributed by atoms with van der Waals surface area (Å²) in [6, 6.07) is 14.4. The summed E-state index contributed by atoms with van der Waals surface area (Å²) in [5.41, 5.74) is 0.899. The average Bonchev–Trinajstić information content (AvgIpc) is 3.05. The van der Waals surface area contributed by atoms with E-state index in [1.807, 2.05) is 42.5 Å². The molecule has 2 aliphatic heterocycles. The molecule has 0 saturated carbocycles. The second-order valence-electron chi connectivity index (χ2n) is 7.40. The number of nitrogens with one attached hydrogen (secondary N) is 2. The van der Waals surface area contributed by atoms with E-state index >= 15 is 0 Å². The van der Waals surface area contributed by atoms with E-state index in [4.69, 9.17) is 0 Å². The van der Waals surface area contributed by atoms with Crippen LogP contribution in [0, 0.1) is 5.92 Å². The molecule has 2 aromatic rings. The van der Waals surface area contributed by atoms with Gasteiger partial charge >= 0.3 is 0 Å². The molecule has 6 heteroatoms. The summed E-state index contributed by atoms with van der Waals surface area (Å²) in [5, 5.41) is 8.71. The van der Waals surface area contributed by atoms with Crippen LogP contribution in [0.5, 0.6) is 0 Å². The van der Waals surface area contributed by atoms with E-state index in [0.29, 0.717) is 6.54 Å². The monoisotopic (exact) mass is 387 g/mol. The molecule has 144 valence electrons. The minimum atomic E-state index is -0.282. The molecule has 2 heterocycles. The Bertz CT molecular complexity index is 836. The predicted octanol–water partition coefficient (Wildman–Crippen LogP) is 2.87. The number of nitrogens with zero attached hydrogens (tertiary/aromatic N) is 1. The molecule has 2 aromatic carbocycles. The molecule has 0 radical (unpaired) electrons. The van der Waals surface area contributed by atoms with E-state index in [9.17, 15) is 9.59 Å². The van der Waals surface area contributed by atoms with Crippen LogP contribution in [0.3, 0.4) is 0 Å². The van der Waals surface area contributed by atoms with Crippen LogP contribution in [-0.4, -0.2) is 37.0 Å². The van der Waals surface area contributed by atoms with Crippen LogP contribution in [0.4, 0.5) is 5.69 Å². The maximum atomic E-state index is 12.7. The molecule has 3 unspecified atom stereocenters. The van der Waals surface area contributed by atoms with Crippen LogP contribution >= 0.6 is 12.4 Å². The molecule has 0 bridgehead atoms. The fraction of sp³-hybridized carbons (Fsp3) is 0.429. The van der Waals surface area contributed by atoms with Crippen molar-refractivity contribution in [3.63, 3.8) is 0 Å². The van der Waals surface area contributed by atoms with Crippen LogP contribution in [0.25, 0.3) is 10.8 Å². The molecule has 0 aliphatic carbocycles. The van der Waals surface area contributed by atoms with Gasteiger partial charge in [0.2, 0.25) is 11.8 Å². The maximum Gasteiger partial charge on any atom is 0.227 e. The van der Waals surface area contributed by atoms with Crippen LogP contribution in [0.1, 0.15) is 26.2 Å². The van der Waals surface area contributed by atoms with Gasteiger partial charge in [0.1, 0.15) is 0 Å². The second kappa shape index (κ2) is 8.28. The first-order valence-corrected chi connectivity index (χ1v) is 9.45. The van der Waals surface area contributed by atoms with Crippen molar-refractivity contribution >= 4 is 40.7 Å². The van der Waals surface area contributed by atoms with Crippen molar-refractivity contribution in [3.8, 4) is 0 Å². The van der Waals surface area contributed by atoms with Gasteiger partial charge in [0.25, 0.3) is 0 Å². The van der Waals surface area contributed by atoms with Crippen LogP contribution < -0.4 is 15.5 Å². The number of fused-ring (bicyclic) bond motifs is 1. The summed E-state index contributed by atoms with van der Waals surface area (Å²) in [5.74, 6) is -0.256. The van der Waals surface area contributed by atoms with E-state index in [0.717, 1.165) is 35.8 Å². The summed E-state index contributed by atoms with van der Waals surface area (Å²) in [6.07, 6.45) is 2.35. The van der Waals surface area contributed by atoms with Crippen molar-refractivity contribution in [2.45, 2.75) is 38.3 Å². The van der Waals surface area contributed by atoms with Crippen LogP contribution in [0.15, 0.2) is 42.5 Å². The number of benzene rings is 2. The molecule has 2 N–H and O–H groups in total. The van der Waals surface area contributed by atoms with E-state index in [1.54, 1.807) is 4.90 Å². The number of hydrogen-bond donors (Lipinski definition) is 2. The fourth-order valence-electron chi connectivity index (χ4n) is 4.10. The Kier molecular flexibility index (Phi) is 6.02. The molecule has 2 saturated heterocycles. The van der Waals surface area contributed by atoms with E-state index in [-0.39, 0.29) is 48.6 Å². The summed E-state index contributed by atoms with van der Waals surface area (Å²) in [4.78, 5) is 27.1. The van der Waals surface area contributed by atoms with E-state index < -0.39 is 0 Å². The Balaban J connectivity index is 0.00000210. The zero-order valence-electron chi connectivity index (χ0n) is 15.5. The fourth-order valence-corrected chi connectivity index (χ4v) is 4.10. The van der Waals surface area contributed by atoms with Crippen molar-refractivity contribution in [3.05, 3.63) is 42.5 Å². The third-order valence-electron chi connectivity index (χ3n) is 5.64. The van der Waals surface area contributed by atoms with Gasteiger partial charge in [-0.15, -0.1) is 12.4 Å². The lowest BCUT2D eigenvalue weighted by Crippen LogP contribution is -2.53. The minimum Gasteiger partial charge on any atom is -0.352 e. The second-order valence-corrected chi connectivity index (χ2v) is 7.40. The summed E-state index contributed by atoms with van der Waals surface area (Å²) in [7, 11) is 0. The molecule has 3 atom stereocenters. The molecular weight excluding hydrogens is 362 g/mol. The van der Waals surface area contributed by atoms with E-state index in [1.165, 1.54) is 0 Å². The summed E-state index contributed by atoms with van der Waals surface area (Å²) in [6.45, 7) is 3.56. The standard InChI is InChI=1S/C21H25N3O2.ClH/c1-14-18(9-5-11-22-14)23-21(26)16-12-20(25)24(13-16)19-10-4-7-15-6-2-3-8-17(15)19;/h2-4,6-8,10,14,16,18,22H,5,9,11-13H2,1H3,(H,23,26);1H. The summed E-state index contributed by atoms with van der Waals surface area (Å²) < 4.78 is 0. The lowest BCUT2D eigenvalue weighted by atomic mass is 9.98. The maximum absolute atomic E-state index is 12.7. The van der Waals surface area contributed by atoms with Gasteiger partial charge in [0.05, 0.1) is 11.6 Å². The molecule has 2 aliphatic rings. The highest BCUT2D eigenvalue weighted by Crippen LogP contribution is 2.31. The lowest BCUT2D eigenvalue weighted by Gasteiger charge is -2.31. The van der Waals surface area contributed by atoms with Gasteiger partial charge < -0.3 is 15.5 Å². The first-order chi connectivity index (χ1) is 12.6. The first kappa shape index (κ1) is 19.6. The Morgan fingerprint density at radius 2 is 1.96 bits per heavy atom. The highest BCUT2D eigenvalue weighted by Gasteiger charge is 2.37. The zero-order chi connectivity index (χ0) is 18.1. The smallest absolute Gasteiger partial charge is 0.227 e. The molecule has 0 spiro atoms. The molecule has 0 aromatic heterocycles. The Morgan fingerprint density at radius 1 is 1.19 bits per heavy atom. The Hall–Kier alpha value is -2.11. The average molecular weight is 388 g/mol. The lowest BCUT2D eigenvalue weighted by molar-refractivity contribution is -0.127. The minimum absolute atomic E-state index is 0. The third-order valence-corrected chi connectivity index (χ3v) is 5.64. The highest BCUT2D eigenvalue weighted by molar-refractivity contribution is 6.07. The molecule has 2 amide bonds. The SMILES string of the molecule is CC1NCCCC1NC(=O)C1CC(=O)N(c2cccc3ccccc23)C1.Cl. The van der Waals surface area contributed by atoms with Crippen molar-refractivity contribution in [1.82, 2.24) is 10.6 Å². The van der Waals surface area contributed by atoms with Crippen molar-refractivity contribution in [1.29, 1.82) is 0 Å². The highest BCUT2D eigenvalue weighted by atomic mass is 35.5. The third kappa shape index (κ3) is 3.94. The number of hydrogen-bond acceptors (Lipinski definition) is 3. The van der Waals surface area contributed by atoms with Crippen LogP contribution in [0.2, 0.25) is 0 Å². The number of carbonyl (C=O) groups is 2. The van der Waals surface area contributed by atoms with Gasteiger partial charge in [-0.25, -0.2) is 0 Å². The van der Waals surface area contributed by atoms with Crippen molar-refractivity contribution in [2.75, 3.05) is 18.0 Å². The van der Waals surface area contributed by atoms with Gasteiger partial charge in [0.15, 0.2) is 0 Å². The number of anilines is 1. The quantitative estimate of drug-likeness (QED) is 0.851. The molecule has 4 rings (SSSR count). The van der Waals surface area contributed by atoms with Gasteiger partial charge in [-0.05, 0) is 37.8 Å². The Labute approximate surface area is 165 Å². The number of amides is 2. The molecule has 5 nitrogen and oxygen atoms in total. The number of piperidine rings is 1. The number of halogens is 1. The topological polar surface area (TPSA) is 61.4 Å². The van der Waals surface area contributed by atoms with E-state index in [2.05, 4.69) is 17.6 Å². The zero-order valence-corrected chi connectivity index (χ0v) is 16.3. The number of rotatable bonds is 3. The molecular formula is C21H26ClN3O2. The van der Waals surface area contributed by atoms with Gasteiger partial charge in [0, 0.05) is 30.4 Å². The van der Waals surface area contributed by atoms with Gasteiger partial charge in [-0.3, -0.25) is 9.59 Å². The molecule has 27 heavy (non-hydrogen) atoms. The molecule has 2 fully saturated rings. The van der Waals surface area contributed by atoms with Crippen molar-refractivity contribution < 1.29 is 9.59 Å². The normalized spacial score (nSPS) is 25.3. The largest absolute Gasteiger partial charge is 0.352 e. The number of carbonyl (C=O) groups excluding carboxylic acids is 2. The van der Waals surface area contributed by atoms with Gasteiger partial charge in [-0.2, -0.15) is 0 Å². The van der Waals surface area contributed by atoms with Gasteiger partial charge in [-0.1, -0.05) is 36.4 Å².